The van der Waals surface area contributed by atoms with E-state index in [-0.39, 0.29) is 5.41 Å². The van der Waals surface area contributed by atoms with Crippen LogP contribution >= 0.6 is 0 Å². The largest absolute Gasteiger partial charge is 0.493 e. The van der Waals surface area contributed by atoms with Gasteiger partial charge in [-0.2, -0.15) is 0 Å². The van der Waals surface area contributed by atoms with Gasteiger partial charge in [0.25, 0.3) is 0 Å². The lowest BCUT2D eigenvalue weighted by molar-refractivity contribution is 0.0382. The number of methoxy groups -OCH3 is 1. The van der Waals surface area contributed by atoms with Crippen LogP contribution in [-0.4, -0.2) is 43.4 Å². The van der Waals surface area contributed by atoms with Crippen molar-refractivity contribution < 1.29 is 14.6 Å². The summed E-state index contributed by atoms with van der Waals surface area (Å²) in [4.78, 5) is 2.46. The number of piperidine rings is 1. The second kappa shape index (κ2) is 7.84. The topological polar surface area (TPSA) is 41.9 Å². The summed E-state index contributed by atoms with van der Waals surface area (Å²) in [6.07, 6.45) is 3.22. The van der Waals surface area contributed by atoms with Crippen LogP contribution in [-0.2, 0) is 6.54 Å². The molecule has 22 heavy (non-hydrogen) atoms. The smallest absolute Gasteiger partial charge is 0.161 e. The van der Waals surface area contributed by atoms with Gasteiger partial charge >= 0.3 is 0 Å². The van der Waals surface area contributed by atoms with Crippen molar-refractivity contribution in [3.8, 4) is 11.5 Å². The van der Waals surface area contributed by atoms with Crippen LogP contribution in [0.5, 0.6) is 11.5 Å². The van der Waals surface area contributed by atoms with Gasteiger partial charge in [-0.15, -0.1) is 0 Å². The van der Waals surface area contributed by atoms with Crippen molar-refractivity contribution in [3.63, 3.8) is 0 Å². The van der Waals surface area contributed by atoms with E-state index in [1.54, 1.807) is 7.11 Å². The van der Waals surface area contributed by atoms with Crippen LogP contribution < -0.4 is 9.47 Å². The average molecular weight is 307 g/mol. The lowest BCUT2D eigenvalue weighted by atomic mass is 9.77. The first-order chi connectivity index (χ1) is 10.7. The molecule has 1 aliphatic heterocycles. The molecule has 2 rings (SSSR count). The molecule has 0 amide bonds. The van der Waals surface area contributed by atoms with E-state index < -0.39 is 0 Å². The second-order valence-corrected chi connectivity index (χ2v) is 6.21. The highest BCUT2D eigenvalue weighted by atomic mass is 16.5. The Labute approximate surface area is 134 Å². The van der Waals surface area contributed by atoms with Gasteiger partial charge in [0.05, 0.1) is 13.7 Å². The Kier molecular flexibility index (Phi) is 6.09. The van der Waals surface area contributed by atoms with Crippen molar-refractivity contribution in [2.45, 2.75) is 39.7 Å². The maximum atomic E-state index is 9.62. The second-order valence-electron chi connectivity index (χ2n) is 6.21. The average Bonchev–Trinajstić information content (AvgIpc) is 2.56. The van der Waals surface area contributed by atoms with Crippen LogP contribution in [0.3, 0.4) is 0 Å². The van der Waals surface area contributed by atoms with Gasteiger partial charge in [0.15, 0.2) is 11.5 Å². The molecule has 0 bridgehead atoms. The Morgan fingerprint density at radius 3 is 2.45 bits per heavy atom. The number of benzene rings is 1. The van der Waals surface area contributed by atoms with Gasteiger partial charge in [-0.05, 0) is 62.4 Å². The van der Waals surface area contributed by atoms with Crippen LogP contribution in [0.2, 0.25) is 0 Å². The fourth-order valence-electron chi connectivity index (χ4n) is 3.15. The van der Waals surface area contributed by atoms with Crippen molar-refractivity contribution in [2.75, 3.05) is 33.4 Å². The molecule has 1 aromatic carbocycles. The molecule has 1 N–H and O–H groups in total. The van der Waals surface area contributed by atoms with E-state index in [4.69, 9.17) is 9.47 Å². The third-order valence-electron chi connectivity index (χ3n) is 4.94. The highest BCUT2D eigenvalue weighted by Gasteiger charge is 2.32. The van der Waals surface area contributed by atoms with Gasteiger partial charge < -0.3 is 14.6 Å². The first-order valence-electron chi connectivity index (χ1n) is 8.29. The molecule has 4 nitrogen and oxygen atoms in total. The summed E-state index contributed by atoms with van der Waals surface area (Å²) in [6, 6.07) is 6.17. The van der Waals surface area contributed by atoms with E-state index in [9.17, 15) is 5.11 Å². The maximum absolute atomic E-state index is 9.62. The predicted molar refractivity (Wildman–Crippen MR) is 88.5 cm³/mol. The van der Waals surface area contributed by atoms with Crippen molar-refractivity contribution in [1.82, 2.24) is 4.90 Å². The van der Waals surface area contributed by atoms with Gasteiger partial charge in [-0.3, -0.25) is 4.90 Å². The van der Waals surface area contributed by atoms with E-state index in [1.165, 1.54) is 5.56 Å². The normalized spacial score (nSPS) is 18.2. The number of aliphatic hydroxyl groups is 1. The molecule has 1 aliphatic rings. The third-order valence-corrected chi connectivity index (χ3v) is 4.94. The van der Waals surface area contributed by atoms with Crippen molar-refractivity contribution in [2.24, 2.45) is 5.41 Å². The predicted octanol–water partition coefficient (Wildman–Crippen LogP) is 3.08. The van der Waals surface area contributed by atoms with Gasteiger partial charge in [0.2, 0.25) is 0 Å². The van der Waals surface area contributed by atoms with Crippen LogP contribution in [0.15, 0.2) is 18.2 Å². The summed E-state index contributed by atoms with van der Waals surface area (Å²) in [5.41, 5.74) is 1.39. The molecule has 0 unspecified atom stereocenters. The molecule has 124 valence electrons. The summed E-state index contributed by atoms with van der Waals surface area (Å²) in [5, 5.41) is 9.62. The van der Waals surface area contributed by atoms with E-state index in [1.807, 2.05) is 13.0 Å². The number of ether oxygens (including phenoxy) is 2. The zero-order valence-corrected chi connectivity index (χ0v) is 14.1. The summed E-state index contributed by atoms with van der Waals surface area (Å²) in [5.74, 6) is 1.60. The van der Waals surface area contributed by atoms with Crippen molar-refractivity contribution in [3.05, 3.63) is 23.8 Å². The van der Waals surface area contributed by atoms with Crippen molar-refractivity contribution >= 4 is 0 Å². The molecule has 0 aromatic heterocycles. The van der Waals surface area contributed by atoms with Crippen molar-refractivity contribution in [1.29, 1.82) is 0 Å². The first-order valence-corrected chi connectivity index (χ1v) is 8.29. The number of hydrogen-bond acceptors (Lipinski definition) is 4. The highest BCUT2D eigenvalue weighted by Crippen LogP contribution is 2.35. The molecular weight excluding hydrogens is 278 g/mol. The standard InChI is InChI=1S/C18H29NO3/c1-4-18(14-20)8-10-19(11-9-18)13-15-6-7-16(21-3)17(12-15)22-5-2/h6-7,12,20H,4-5,8-11,13-14H2,1-3H3. The Morgan fingerprint density at radius 1 is 1.18 bits per heavy atom. The van der Waals surface area contributed by atoms with E-state index in [0.29, 0.717) is 13.2 Å². The maximum Gasteiger partial charge on any atom is 0.161 e. The Morgan fingerprint density at radius 2 is 1.91 bits per heavy atom. The minimum Gasteiger partial charge on any atom is -0.493 e. The molecule has 1 heterocycles. The van der Waals surface area contributed by atoms with Crippen LogP contribution in [0.25, 0.3) is 0 Å². The third kappa shape index (κ3) is 3.93. The van der Waals surface area contributed by atoms with Gasteiger partial charge in [0, 0.05) is 13.2 Å². The summed E-state index contributed by atoms with van der Waals surface area (Å²) < 4.78 is 11.0. The Bertz CT molecular complexity index is 461. The van der Waals surface area contributed by atoms with Crippen LogP contribution in [0.1, 0.15) is 38.7 Å². The molecule has 1 fully saturated rings. The van der Waals surface area contributed by atoms with E-state index >= 15 is 0 Å². The number of nitrogens with zero attached hydrogens (tertiary/aromatic N) is 1. The number of likely N-dealkylation sites (tertiary alicyclic amines) is 1. The number of aliphatic hydroxyl groups excluding tert-OH is 1. The molecule has 0 aliphatic carbocycles. The molecule has 0 saturated carbocycles. The van der Waals surface area contributed by atoms with E-state index in [0.717, 1.165) is 50.4 Å². The SMILES string of the molecule is CCOc1cc(CN2CCC(CC)(CO)CC2)ccc1OC. The quantitative estimate of drug-likeness (QED) is 0.840. The fraction of sp³-hybridized carbons (Fsp3) is 0.667. The Balaban J connectivity index is 1.98. The van der Waals surface area contributed by atoms with Gasteiger partial charge in [0.1, 0.15) is 0 Å². The fourth-order valence-corrected chi connectivity index (χ4v) is 3.15. The first kappa shape index (κ1) is 17.1. The molecule has 1 saturated heterocycles. The summed E-state index contributed by atoms with van der Waals surface area (Å²) >= 11 is 0. The minimum absolute atomic E-state index is 0.146. The molecular formula is C18H29NO3. The zero-order chi connectivity index (χ0) is 16.0. The van der Waals surface area contributed by atoms with Gasteiger partial charge in [-0.25, -0.2) is 0 Å². The van der Waals surface area contributed by atoms with Crippen LogP contribution in [0.4, 0.5) is 0 Å². The molecule has 0 spiro atoms. The molecule has 1 aromatic rings. The summed E-state index contributed by atoms with van der Waals surface area (Å²) in [7, 11) is 1.67. The monoisotopic (exact) mass is 307 g/mol. The highest BCUT2D eigenvalue weighted by molar-refractivity contribution is 5.42. The Hall–Kier alpha value is -1.26. The van der Waals surface area contributed by atoms with E-state index in [2.05, 4.69) is 24.0 Å². The number of hydrogen-bond donors (Lipinski definition) is 1. The summed E-state index contributed by atoms with van der Waals surface area (Å²) in [6.45, 7) is 8.14. The van der Waals surface area contributed by atoms with Crippen LogP contribution in [0, 0.1) is 5.41 Å². The van der Waals surface area contributed by atoms with Gasteiger partial charge in [-0.1, -0.05) is 13.0 Å². The minimum atomic E-state index is 0.146. The number of rotatable bonds is 7. The lowest BCUT2D eigenvalue weighted by Gasteiger charge is -2.40. The molecule has 0 radical (unpaired) electrons. The molecule has 4 heteroatoms. The molecule has 0 atom stereocenters. The zero-order valence-electron chi connectivity index (χ0n) is 14.1. The lowest BCUT2D eigenvalue weighted by Crippen LogP contribution is -2.41.